The zero-order valence-corrected chi connectivity index (χ0v) is 8.67. The molecular weight excluding hydrogens is 236 g/mol. The molecule has 2 N–H and O–H groups in total. The molecule has 72 valence electrons. The number of carbonyl (C=O) groups is 1. The van der Waals surface area contributed by atoms with Crippen LogP contribution in [-0.2, 0) is 11.2 Å². The third kappa shape index (κ3) is 4.02. The summed E-state index contributed by atoms with van der Waals surface area (Å²) in [6.07, 6.45) is 3.16. The highest BCUT2D eigenvalue weighted by Gasteiger charge is 1.98. The zero-order chi connectivity index (χ0) is 9.52. The Kier molecular flexibility index (Phi) is 4.45. The quantitative estimate of drug-likeness (QED) is 0.578. The molecule has 0 aliphatic carbocycles. The smallest absolute Gasteiger partial charge is 0.230 e. The van der Waals surface area contributed by atoms with Crippen molar-refractivity contribution >= 4 is 21.8 Å². The van der Waals surface area contributed by atoms with Crippen LogP contribution in [0.5, 0.6) is 0 Å². The first-order chi connectivity index (χ1) is 6.33. The molecule has 0 spiro atoms. The predicted molar refractivity (Wildman–Crippen MR) is 51.5 cm³/mol. The summed E-state index contributed by atoms with van der Waals surface area (Å²) in [5.74, 6) is 0.866. The summed E-state index contributed by atoms with van der Waals surface area (Å²) in [7, 11) is 0. The first-order valence-electron chi connectivity index (χ1n) is 4.00. The van der Waals surface area contributed by atoms with Crippen molar-refractivity contribution < 1.29 is 4.79 Å². The number of nitrogens with one attached hydrogen (secondary N) is 2. The third-order valence-electron chi connectivity index (χ3n) is 1.50. The number of rotatable bonds is 5. The van der Waals surface area contributed by atoms with Gasteiger partial charge in [-0.3, -0.25) is 9.89 Å². The maximum absolute atomic E-state index is 10.8. The van der Waals surface area contributed by atoms with E-state index in [1.807, 2.05) is 0 Å². The van der Waals surface area contributed by atoms with Gasteiger partial charge in [0.2, 0.25) is 5.91 Å². The van der Waals surface area contributed by atoms with Gasteiger partial charge < -0.3 is 5.32 Å². The minimum absolute atomic E-state index is 0.0116. The van der Waals surface area contributed by atoms with Crippen LogP contribution in [0.2, 0.25) is 0 Å². The summed E-state index contributed by atoms with van der Waals surface area (Å²) in [5.41, 5.74) is 0. The molecule has 0 radical (unpaired) electrons. The maximum Gasteiger partial charge on any atom is 0.230 e. The highest BCUT2D eigenvalue weighted by Crippen LogP contribution is 1.91. The number of hydrogen-bond donors (Lipinski definition) is 2. The molecule has 5 nitrogen and oxygen atoms in total. The molecule has 1 heterocycles. The Hall–Kier alpha value is -0.910. The van der Waals surface area contributed by atoms with Crippen LogP contribution in [0.15, 0.2) is 6.33 Å². The van der Waals surface area contributed by atoms with E-state index in [2.05, 4.69) is 36.4 Å². The second kappa shape index (κ2) is 5.69. The molecule has 0 aliphatic rings. The molecule has 0 bridgehead atoms. The first-order valence-corrected chi connectivity index (χ1v) is 5.12. The highest BCUT2D eigenvalue weighted by molar-refractivity contribution is 9.09. The lowest BCUT2D eigenvalue weighted by Crippen LogP contribution is -2.25. The van der Waals surface area contributed by atoms with E-state index in [1.54, 1.807) is 0 Å². The van der Waals surface area contributed by atoms with E-state index in [0.29, 0.717) is 11.9 Å². The monoisotopic (exact) mass is 246 g/mol. The fourth-order valence-electron chi connectivity index (χ4n) is 0.882. The molecular formula is C7H11BrN4O. The Morgan fingerprint density at radius 3 is 3.15 bits per heavy atom. The Morgan fingerprint density at radius 1 is 1.69 bits per heavy atom. The molecule has 1 amide bonds. The molecule has 6 heteroatoms. The highest BCUT2D eigenvalue weighted by atomic mass is 79.9. The van der Waals surface area contributed by atoms with Crippen molar-refractivity contribution in [2.45, 2.75) is 12.8 Å². The van der Waals surface area contributed by atoms with Gasteiger partial charge in [0.15, 0.2) is 0 Å². The van der Waals surface area contributed by atoms with Gasteiger partial charge in [-0.25, -0.2) is 4.98 Å². The minimum atomic E-state index is 0.0116. The van der Waals surface area contributed by atoms with Crippen molar-refractivity contribution in [2.24, 2.45) is 0 Å². The largest absolute Gasteiger partial charge is 0.355 e. The van der Waals surface area contributed by atoms with Crippen LogP contribution >= 0.6 is 15.9 Å². The van der Waals surface area contributed by atoms with Crippen LogP contribution in [0, 0.1) is 0 Å². The molecule has 0 saturated carbocycles. The molecule has 0 aliphatic heterocycles. The number of halogens is 1. The van der Waals surface area contributed by atoms with Crippen LogP contribution < -0.4 is 5.32 Å². The Morgan fingerprint density at radius 2 is 2.54 bits per heavy atom. The van der Waals surface area contributed by atoms with Crippen LogP contribution in [0.4, 0.5) is 0 Å². The minimum Gasteiger partial charge on any atom is -0.355 e. The van der Waals surface area contributed by atoms with E-state index >= 15 is 0 Å². The van der Waals surface area contributed by atoms with Crippen LogP contribution in [0.1, 0.15) is 12.2 Å². The maximum atomic E-state index is 10.8. The summed E-state index contributed by atoms with van der Waals surface area (Å²) < 4.78 is 0. The molecule has 0 aromatic carbocycles. The van der Waals surface area contributed by atoms with Crippen molar-refractivity contribution in [1.82, 2.24) is 20.5 Å². The van der Waals surface area contributed by atoms with E-state index in [0.717, 1.165) is 18.7 Å². The zero-order valence-electron chi connectivity index (χ0n) is 7.09. The van der Waals surface area contributed by atoms with Gasteiger partial charge in [-0.15, -0.1) is 0 Å². The van der Waals surface area contributed by atoms with Crippen LogP contribution in [-0.4, -0.2) is 33.0 Å². The average Bonchev–Trinajstić information content (AvgIpc) is 2.64. The summed E-state index contributed by atoms with van der Waals surface area (Å²) in [4.78, 5) is 14.7. The lowest BCUT2D eigenvalue weighted by atomic mass is 10.3. The van der Waals surface area contributed by atoms with Gasteiger partial charge in [-0.1, -0.05) is 15.9 Å². The van der Waals surface area contributed by atoms with E-state index in [9.17, 15) is 4.79 Å². The lowest BCUT2D eigenvalue weighted by Gasteiger charge is -2.00. The van der Waals surface area contributed by atoms with Gasteiger partial charge in [0, 0.05) is 13.0 Å². The molecule has 0 saturated heterocycles. The van der Waals surface area contributed by atoms with Gasteiger partial charge >= 0.3 is 0 Å². The number of nitrogens with zero attached hydrogens (tertiary/aromatic N) is 2. The number of aromatic nitrogens is 3. The average molecular weight is 247 g/mol. The molecule has 1 aromatic rings. The predicted octanol–water partition coefficient (Wildman–Crippen LogP) is 0.248. The SMILES string of the molecule is O=C(CBr)NCCCc1ncn[nH]1. The van der Waals surface area contributed by atoms with Crippen molar-refractivity contribution in [1.29, 1.82) is 0 Å². The second-order valence-electron chi connectivity index (χ2n) is 2.52. The molecule has 0 atom stereocenters. The van der Waals surface area contributed by atoms with Crippen LogP contribution in [0.3, 0.4) is 0 Å². The van der Waals surface area contributed by atoms with Crippen molar-refractivity contribution in [2.75, 3.05) is 11.9 Å². The number of hydrogen-bond acceptors (Lipinski definition) is 3. The molecule has 1 aromatic heterocycles. The number of carbonyl (C=O) groups excluding carboxylic acids is 1. The third-order valence-corrected chi connectivity index (χ3v) is 2.01. The van der Waals surface area contributed by atoms with E-state index in [1.165, 1.54) is 6.33 Å². The van der Waals surface area contributed by atoms with Gasteiger partial charge in [0.1, 0.15) is 12.2 Å². The van der Waals surface area contributed by atoms with Gasteiger partial charge in [0.05, 0.1) is 5.33 Å². The van der Waals surface area contributed by atoms with E-state index in [-0.39, 0.29) is 5.91 Å². The summed E-state index contributed by atoms with van der Waals surface area (Å²) in [6.45, 7) is 0.672. The number of aromatic amines is 1. The Bertz CT molecular complexity index is 249. The summed E-state index contributed by atoms with van der Waals surface area (Å²) in [6, 6.07) is 0. The second-order valence-corrected chi connectivity index (χ2v) is 3.08. The molecule has 13 heavy (non-hydrogen) atoms. The Labute approximate surface area is 84.5 Å². The number of alkyl halides is 1. The topological polar surface area (TPSA) is 70.7 Å². The molecule has 1 rings (SSSR count). The number of amides is 1. The lowest BCUT2D eigenvalue weighted by molar-refractivity contribution is -0.118. The van der Waals surface area contributed by atoms with Crippen molar-refractivity contribution in [3.63, 3.8) is 0 Å². The number of H-pyrrole nitrogens is 1. The van der Waals surface area contributed by atoms with E-state index < -0.39 is 0 Å². The standard InChI is InChI=1S/C7H11BrN4O/c8-4-7(13)9-3-1-2-6-10-5-11-12-6/h5H,1-4H2,(H,9,13)(H,10,11,12). The Balaban J connectivity index is 2.05. The van der Waals surface area contributed by atoms with Gasteiger partial charge in [0.25, 0.3) is 0 Å². The summed E-state index contributed by atoms with van der Waals surface area (Å²) in [5, 5.41) is 9.58. The van der Waals surface area contributed by atoms with Crippen molar-refractivity contribution in [3.8, 4) is 0 Å². The first kappa shape index (κ1) is 10.2. The van der Waals surface area contributed by atoms with Gasteiger partial charge in [-0.2, -0.15) is 5.10 Å². The molecule has 0 fully saturated rings. The fraction of sp³-hybridized carbons (Fsp3) is 0.571. The van der Waals surface area contributed by atoms with Gasteiger partial charge in [-0.05, 0) is 6.42 Å². The fourth-order valence-corrected chi connectivity index (χ4v) is 1.08. The number of aryl methyl sites for hydroxylation is 1. The summed E-state index contributed by atoms with van der Waals surface area (Å²) >= 11 is 3.07. The van der Waals surface area contributed by atoms with Crippen molar-refractivity contribution in [3.05, 3.63) is 12.2 Å². The molecule has 0 unspecified atom stereocenters. The normalized spacial score (nSPS) is 9.92. The van der Waals surface area contributed by atoms with Crippen LogP contribution in [0.25, 0.3) is 0 Å². The van der Waals surface area contributed by atoms with E-state index in [4.69, 9.17) is 0 Å².